The van der Waals surface area contributed by atoms with Crippen molar-refractivity contribution < 1.29 is 8.42 Å². The molecular formula is C23H32N4O2S. The Morgan fingerprint density at radius 1 is 1.03 bits per heavy atom. The zero-order valence-corrected chi connectivity index (χ0v) is 18.9. The number of sulfonamides is 1. The lowest BCUT2D eigenvalue weighted by atomic mass is 9.64. The zero-order chi connectivity index (χ0) is 21.6. The Labute approximate surface area is 180 Å². The smallest absolute Gasteiger partial charge is 0.242 e. The molecule has 0 aromatic heterocycles. The maximum atomic E-state index is 12.2. The average molecular weight is 429 g/mol. The summed E-state index contributed by atoms with van der Waals surface area (Å²) in [5, 5.41) is 6.83. The van der Waals surface area contributed by atoms with E-state index in [1.807, 2.05) is 12.1 Å². The fraction of sp³-hybridized carbons (Fsp3) is 0.435. The van der Waals surface area contributed by atoms with E-state index in [1.54, 1.807) is 12.1 Å². The highest BCUT2D eigenvalue weighted by Gasteiger charge is 2.38. The van der Waals surface area contributed by atoms with Crippen molar-refractivity contribution in [1.82, 2.24) is 14.9 Å². The number of benzene rings is 2. The molecule has 6 nitrogen and oxygen atoms in total. The Hall–Kier alpha value is -2.38. The molecule has 2 aromatic rings. The molecule has 0 saturated heterocycles. The van der Waals surface area contributed by atoms with Crippen molar-refractivity contribution in [2.24, 2.45) is 4.99 Å². The van der Waals surface area contributed by atoms with E-state index >= 15 is 0 Å². The first-order chi connectivity index (χ1) is 14.4. The summed E-state index contributed by atoms with van der Waals surface area (Å²) < 4.78 is 25.6. The molecule has 1 saturated carbocycles. The number of hydrogen-bond acceptors (Lipinski definition) is 3. The topological polar surface area (TPSA) is 73.8 Å². The molecule has 1 aliphatic rings. The van der Waals surface area contributed by atoms with E-state index in [4.69, 9.17) is 4.99 Å². The summed E-state index contributed by atoms with van der Waals surface area (Å²) in [6, 6.07) is 17.6. The van der Waals surface area contributed by atoms with Gasteiger partial charge in [-0.3, -0.25) is 0 Å². The van der Waals surface area contributed by atoms with E-state index in [9.17, 15) is 8.42 Å². The summed E-state index contributed by atoms with van der Waals surface area (Å²) in [5.74, 6) is 0.782. The Bertz CT molecular complexity index is 950. The second kappa shape index (κ2) is 9.62. The van der Waals surface area contributed by atoms with Crippen LogP contribution in [-0.4, -0.2) is 45.9 Å². The predicted octanol–water partition coefficient (Wildman–Crippen LogP) is 3.11. The van der Waals surface area contributed by atoms with Crippen molar-refractivity contribution in [2.75, 3.05) is 27.2 Å². The summed E-state index contributed by atoms with van der Waals surface area (Å²) in [7, 11) is -0.341. The number of guanidine groups is 1. The first kappa shape index (κ1) is 22.3. The molecule has 3 rings (SSSR count). The molecule has 0 aliphatic heterocycles. The number of hydrogen-bond donors (Lipinski definition) is 2. The summed E-state index contributed by atoms with van der Waals surface area (Å²) >= 11 is 0. The van der Waals surface area contributed by atoms with Gasteiger partial charge in [0.05, 0.1) is 11.4 Å². The molecule has 30 heavy (non-hydrogen) atoms. The van der Waals surface area contributed by atoms with Gasteiger partial charge in [0.25, 0.3) is 0 Å². The van der Waals surface area contributed by atoms with Crippen LogP contribution in [0.25, 0.3) is 0 Å². The molecule has 0 bridgehead atoms. The lowest BCUT2D eigenvalue weighted by molar-refractivity contribution is 0.244. The summed E-state index contributed by atoms with van der Waals surface area (Å²) in [6.45, 7) is 4.16. The molecule has 1 aliphatic carbocycles. The number of rotatable bonds is 8. The maximum absolute atomic E-state index is 12.2. The van der Waals surface area contributed by atoms with Crippen LogP contribution >= 0.6 is 0 Å². The highest BCUT2D eigenvalue weighted by atomic mass is 32.2. The number of nitrogens with one attached hydrogen (secondary N) is 2. The second-order valence-electron chi connectivity index (χ2n) is 7.98. The van der Waals surface area contributed by atoms with Gasteiger partial charge >= 0.3 is 0 Å². The second-order valence-corrected chi connectivity index (χ2v) is 10.1. The number of aliphatic imine (C=N–C) groups is 1. The molecule has 0 unspecified atom stereocenters. The molecule has 7 heteroatoms. The average Bonchev–Trinajstić information content (AvgIpc) is 2.72. The van der Waals surface area contributed by atoms with E-state index in [0.717, 1.165) is 24.6 Å². The van der Waals surface area contributed by atoms with Crippen molar-refractivity contribution in [3.63, 3.8) is 0 Å². The van der Waals surface area contributed by atoms with Crippen molar-refractivity contribution in [3.05, 3.63) is 65.7 Å². The quantitative estimate of drug-likeness (QED) is 0.501. The van der Waals surface area contributed by atoms with Crippen LogP contribution in [0.4, 0.5) is 0 Å². The Balaban J connectivity index is 1.66. The minimum absolute atomic E-state index is 0.180. The Morgan fingerprint density at radius 2 is 1.70 bits per heavy atom. The van der Waals surface area contributed by atoms with Gasteiger partial charge in [-0.15, -0.1) is 0 Å². The SMILES string of the molecule is CCNC(=NCc1ccc(S(=O)(=O)N(C)C)cc1)NCC1(c2ccccc2)CCC1. The molecule has 0 amide bonds. The van der Waals surface area contributed by atoms with Crippen LogP contribution in [-0.2, 0) is 22.0 Å². The van der Waals surface area contributed by atoms with Gasteiger partial charge in [0.2, 0.25) is 10.0 Å². The Morgan fingerprint density at radius 3 is 2.23 bits per heavy atom. The molecule has 0 heterocycles. The van der Waals surface area contributed by atoms with Gasteiger partial charge in [-0.1, -0.05) is 48.9 Å². The van der Waals surface area contributed by atoms with Gasteiger partial charge < -0.3 is 10.6 Å². The van der Waals surface area contributed by atoms with Gasteiger partial charge in [0.1, 0.15) is 0 Å². The van der Waals surface area contributed by atoms with Crippen LogP contribution in [0.5, 0.6) is 0 Å². The van der Waals surface area contributed by atoms with Gasteiger partial charge in [0, 0.05) is 32.6 Å². The molecule has 0 atom stereocenters. The molecule has 0 radical (unpaired) electrons. The third kappa shape index (κ3) is 5.02. The minimum atomic E-state index is -3.41. The van der Waals surface area contributed by atoms with Crippen LogP contribution in [0.3, 0.4) is 0 Å². The van der Waals surface area contributed by atoms with E-state index in [1.165, 1.54) is 43.2 Å². The van der Waals surface area contributed by atoms with Crippen LogP contribution in [0, 0.1) is 0 Å². The highest BCUT2D eigenvalue weighted by Crippen LogP contribution is 2.43. The molecule has 2 N–H and O–H groups in total. The molecule has 162 valence electrons. The van der Waals surface area contributed by atoms with Crippen molar-refractivity contribution in [2.45, 2.75) is 43.0 Å². The van der Waals surface area contributed by atoms with Gasteiger partial charge in [-0.2, -0.15) is 0 Å². The van der Waals surface area contributed by atoms with Crippen LogP contribution in [0.2, 0.25) is 0 Å². The first-order valence-corrected chi connectivity index (χ1v) is 11.9. The first-order valence-electron chi connectivity index (χ1n) is 10.5. The molecular weight excluding hydrogens is 396 g/mol. The summed E-state index contributed by atoms with van der Waals surface area (Å²) in [5.41, 5.74) is 2.53. The fourth-order valence-electron chi connectivity index (χ4n) is 3.71. The van der Waals surface area contributed by atoms with E-state index in [2.05, 4.69) is 47.9 Å². The summed E-state index contributed by atoms with van der Waals surface area (Å²) in [4.78, 5) is 4.99. The van der Waals surface area contributed by atoms with Crippen molar-refractivity contribution in [1.29, 1.82) is 0 Å². The molecule has 0 spiro atoms. The third-order valence-corrected chi connectivity index (χ3v) is 7.59. The van der Waals surface area contributed by atoms with Crippen LogP contribution in [0.1, 0.15) is 37.3 Å². The molecule has 2 aromatic carbocycles. The van der Waals surface area contributed by atoms with E-state index < -0.39 is 10.0 Å². The van der Waals surface area contributed by atoms with Gasteiger partial charge in [-0.25, -0.2) is 17.7 Å². The van der Waals surface area contributed by atoms with Crippen molar-refractivity contribution in [3.8, 4) is 0 Å². The largest absolute Gasteiger partial charge is 0.357 e. The summed E-state index contributed by atoms with van der Waals surface area (Å²) in [6.07, 6.45) is 3.63. The van der Waals surface area contributed by atoms with Gasteiger partial charge in [0.15, 0.2) is 5.96 Å². The zero-order valence-electron chi connectivity index (χ0n) is 18.1. The van der Waals surface area contributed by atoms with Crippen LogP contribution in [0.15, 0.2) is 64.5 Å². The minimum Gasteiger partial charge on any atom is -0.357 e. The lowest BCUT2D eigenvalue weighted by Crippen LogP contribution is -2.48. The monoisotopic (exact) mass is 428 g/mol. The Kier molecular flexibility index (Phi) is 7.15. The number of nitrogens with zero attached hydrogens (tertiary/aromatic N) is 2. The van der Waals surface area contributed by atoms with Crippen LogP contribution < -0.4 is 10.6 Å². The van der Waals surface area contributed by atoms with Crippen molar-refractivity contribution >= 4 is 16.0 Å². The fourth-order valence-corrected chi connectivity index (χ4v) is 4.61. The van der Waals surface area contributed by atoms with E-state index in [0.29, 0.717) is 11.4 Å². The van der Waals surface area contributed by atoms with E-state index in [-0.39, 0.29) is 5.41 Å². The normalized spacial score (nSPS) is 16.2. The highest BCUT2D eigenvalue weighted by molar-refractivity contribution is 7.89. The lowest BCUT2D eigenvalue weighted by Gasteiger charge is -2.43. The maximum Gasteiger partial charge on any atom is 0.242 e. The predicted molar refractivity (Wildman–Crippen MR) is 122 cm³/mol. The van der Waals surface area contributed by atoms with Gasteiger partial charge in [-0.05, 0) is 43.0 Å². The molecule has 1 fully saturated rings. The third-order valence-electron chi connectivity index (χ3n) is 5.76. The standard InChI is InChI=1S/C23H32N4O2S/c1-4-24-22(26-18-23(15-8-16-23)20-9-6-5-7-10-20)25-17-19-11-13-21(14-12-19)30(28,29)27(2)3/h5-7,9-14H,4,8,15-18H2,1-3H3,(H2,24,25,26).